The van der Waals surface area contributed by atoms with E-state index in [-0.39, 0.29) is 0 Å². The number of rotatable bonds is 0. The molecule has 1 heteroatoms. The molecule has 2 aliphatic rings. The number of allylic oxidation sites excluding steroid dienone is 5. The molecule has 0 radical (unpaired) electrons. The van der Waals surface area contributed by atoms with E-state index in [1.54, 1.807) is 0 Å². The van der Waals surface area contributed by atoms with Crippen molar-refractivity contribution in [2.45, 2.75) is 30.5 Å². The third-order valence-electron chi connectivity index (χ3n) is 3.05. The minimum atomic E-state index is 0.309. The molecular formula is C17H19Co. The molecule has 96 valence electrons. The minimum absolute atomic E-state index is 0.309. The fourth-order valence-electron chi connectivity index (χ4n) is 2.05. The van der Waals surface area contributed by atoms with Crippen LogP contribution in [0.5, 0.6) is 0 Å². The second-order valence-corrected chi connectivity index (χ2v) is 5.11. The predicted octanol–water partition coefficient (Wildman–Crippen LogP) is 4.97. The Bertz CT molecular complexity index is 428. The van der Waals surface area contributed by atoms with Crippen LogP contribution in [-0.2, 0) is 15.7 Å². The normalized spacial score (nSPS) is 24.2. The summed E-state index contributed by atoms with van der Waals surface area (Å²) in [7, 11) is 0. The quantitative estimate of drug-likeness (QED) is 0.589. The topological polar surface area (TPSA) is 0 Å². The third kappa shape index (κ3) is 4.00. The van der Waals surface area contributed by atoms with E-state index in [1.807, 2.05) is 12.1 Å². The molecular weight excluding hydrogens is 263 g/mol. The molecule has 0 saturated carbocycles. The number of hydrogen-bond acceptors (Lipinski definition) is 0. The summed E-state index contributed by atoms with van der Waals surface area (Å²) in [6.45, 7) is 0. The van der Waals surface area contributed by atoms with Gasteiger partial charge in [0.05, 0.1) is 0 Å². The molecule has 1 atom stereocenters. The number of hydrogen-bond donors (Lipinski definition) is 0. The first-order valence-corrected chi connectivity index (χ1v) is 7.16. The van der Waals surface area contributed by atoms with E-state index < -0.39 is 0 Å². The molecule has 1 unspecified atom stereocenters. The molecule has 0 saturated heterocycles. The molecule has 0 bridgehead atoms. The Balaban J connectivity index is 0.000000138. The Morgan fingerprint density at radius 2 is 1.39 bits per heavy atom. The molecule has 0 spiro atoms. The van der Waals surface area contributed by atoms with Gasteiger partial charge in [-0.1, -0.05) is 24.3 Å². The number of benzene rings is 1. The summed E-state index contributed by atoms with van der Waals surface area (Å²) in [6, 6.07) is 8.33. The summed E-state index contributed by atoms with van der Waals surface area (Å²) in [5.41, 5.74) is 2.63. The number of fused-ring (bicyclic) bond motifs is 1. The van der Waals surface area contributed by atoms with Crippen LogP contribution in [0, 0.1) is 0 Å². The fraction of sp³-hybridized carbons (Fsp3) is 0.294. The van der Waals surface area contributed by atoms with Gasteiger partial charge in [0.1, 0.15) is 0 Å². The Morgan fingerprint density at radius 1 is 0.833 bits per heavy atom. The van der Waals surface area contributed by atoms with E-state index in [0.29, 0.717) is 4.85 Å². The predicted molar refractivity (Wildman–Crippen MR) is 75.0 cm³/mol. The molecule has 0 nitrogen and oxygen atoms in total. The standard InChI is InChI=1S/C9H7.C8H12.Co/c1-2-5-9-7-3-6-8(9)4-1;1-2-4-6-8-7-5-3-1;/h1-7H;1-2,7-8H,3-6H2;/b;2-1-,8-7-;. The van der Waals surface area contributed by atoms with Gasteiger partial charge in [0.2, 0.25) is 0 Å². The van der Waals surface area contributed by atoms with Crippen molar-refractivity contribution in [3.05, 3.63) is 65.8 Å². The van der Waals surface area contributed by atoms with Crippen molar-refractivity contribution in [1.82, 2.24) is 0 Å². The maximum absolute atomic E-state index is 4.43. The molecule has 1 aromatic rings. The zero-order valence-electron chi connectivity index (χ0n) is 10.5. The molecule has 0 heterocycles. The van der Waals surface area contributed by atoms with Gasteiger partial charge in [-0.15, -0.1) is 0 Å². The van der Waals surface area contributed by atoms with Gasteiger partial charge in [-0.2, -0.15) is 0 Å². The van der Waals surface area contributed by atoms with Crippen LogP contribution in [0.1, 0.15) is 41.7 Å². The van der Waals surface area contributed by atoms with Crippen molar-refractivity contribution in [3.63, 3.8) is 0 Å². The van der Waals surface area contributed by atoms with E-state index in [1.165, 1.54) is 36.8 Å². The molecule has 0 aliphatic heterocycles. The fourth-order valence-corrected chi connectivity index (χ4v) is 2.42. The first kappa shape index (κ1) is 13.4. The zero-order chi connectivity index (χ0) is 12.6. The Kier molecular flexibility index (Phi) is 5.50. The van der Waals surface area contributed by atoms with Gasteiger partial charge in [-0.3, -0.25) is 0 Å². The van der Waals surface area contributed by atoms with Crippen LogP contribution >= 0.6 is 0 Å². The molecule has 0 N–H and O–H groups in total. The average molecular weight is 282 g/mol. The second kappa shape index (κ2) is 7.40. The summed E-state index contributed by atoms with van der Waals surface area (Å²) in [5, 5.41) is 0. The Labute approximate surface area is 118 Å². The van der Waals surface area contributed by atoms with Crippen molar-refractivity contribution < 1.29 is 15.7 Å². The molecule has 18 heavy (non-hydrogen) atoms. The van der Waals surface area contributed by atoms with Crippen molar-refractivity contribution in [3.8, 4) is 0 Å². The molecule has 2 aliphatic carbocycles. The SMILES string of the molecule is C1=C\CC/C=C\CC/1.[Co][CH]1C=Cc2ccccc21. The van der Waals surface area contributed by atoms with E-state index in [9.17, 15) is 0 Å². The average Bonchev–Trinajstić information content (AvgIpc) is 2.72. The van der Waals surface area contributed by atoms with Gasteiger partial charge >= 0.3 is 68.1 Å². The summed E-state index contributed by atoms with van der Waals surface area (Å²) in [5.74, 6) is 0. The Hall–Kier alpha value is -1.05. The summed E-state index contributed by atoms with van der Waals surface area (Å²) in [4.78, 5) is 0.309. The summed E-state index contributed by atoms with van der Waals surface area (Å²) < 4.78 is 0. The molecule has 0 aromatic heterocycles. The second-order valence-electron chi connectivity index (χ2n) is 4.46. The van der Waals surface area contributed by atoms with Crippen molar-refractivity contribution >= 4 is 6.08 Å². The first-order valence-electron chi connectivity index (χ1n) is 6.56. The van der Waals surface area contributed by atoms with Crippen molar-refractivity contribution in [1.29, 1.82) is 0 Å². The van der Waals surface area contributed by atoms with Crippen LogP contribution in [-0.4, -0.2) is 0 Å². The molecule has 0 amide bonds. The van der Waals surface area contributed by atoms with Crippen LogP contribution in [0.3, 0.4) is 0 Å². The summed E-state index contributed by atoms with van der Waals surface area (Å²) >= 11 is 4.43. The molecule has 3 rings (SSSR count). The van der Waals surface area contributed by atoms with Crippen molar-refractivity contribution in [2.75, 3.05) is 0 Å². The van der Waals surface area contributed by atoms with Crippen LogP contribution in [0.15, 0.2) is 54.6 Å². The zero-order valence-corrected chi connectivity index (χ0v) is 11.6. The Morgan fingerprint density at radius 3 is 1.94 bits per heavy atom. The van der Waals surface area contributed by atoms with E-state index in [2.05, 4.69) is 64.3 Å². The van der Waals surface area contributed by atoms with Gasteiger partial charge in [0.15, 0.2) is 0 Å². The molecule has 0 fully saturated rings. The van der Waals surface area contributed by atoms with Gasteiger partial charge in [-0.25, -0.2) is 0 Å². The molecule has 1 aromatic carbocycles. The van der Waals surface area contributed by atoms with Crippen LogP contribution < -0.4 is 0 Å². The summed E-state index contributed by atoms with van der Waals surface area (Å²) in [6.07, 6.45) is 18.2. The van der Waals surface area contributed by atoms with Gasteiger partial charge in [0.25, 0.3) is 0 Å². The monoisotopic (exact) mass is 282 g/mol. The van der Waals surface area contributed by atoms with E-state index >= 15 is 0 Å². The van der Waals surface area contributed by atoms with E-state index in [4.69, 9.17) is 0 Å². The van der Waals surface area contributed by atoms with Gasteiger partial charge < -0.3 is 0 Å². The van der Waals surface area contributed by atoms with Crippen LogP contribution in [0.4, 0.5) is 0 Å². The van der Waals surface area contributed by atoms with Gasteiger partial charge in [0, 0.05) is 0 Å². The van der Waals surface area contributed by atoms with Crippen molar-refractivity contribution in [2.24, 2.45) is 0 Å². The van der Waals surface area contributed by atoms with Crippen LogP contribution in [0.25, 0.3) is 6.08 Å². The van der Waals surface area contributed by atoms with E-state index in [0.717, 1.165) is 0 Å². The first-order chi connectivity index (χ1) is 8.88. The third-order valence-corrected chi connectivity index (χ3v) is 3.57. The maximum atomic E-state index is 4.43. The van der Waals surface area contributed by atoms with Gasteiger partial charge in [-0.05, 0) is 25.7 Å². The van der Waals surface area contributed by atoms with Crippen LogP contribution in [0.2, 0.25) is 0 Å².